The molecule has 3 aromatic carbocycles. The van der Waals surface area contributed by atoms with Crippen molar-refractivity contribution in [2.45, 2.75) is 13.5 Å². The number of imidazole rings is 1. The molecule has 0 N–H and O–H groups in total. The van der Waals surface area contributed by atoms with Crippen LogP contribution in [0.25, 0.3) is 21.8 Å². The third kappa shape index (κ3) is 2.68. The molecule has 0 unspecified atom stereocenters. The third-order valence-corrected chi connectivity index (χ3v) is 4.85. The summed E-state index contributed by atoms with van der Waals surface area (Å²) in [6.07, 6.45) is 0. The standard InChI is InChI=1S/C19H14BrN3O2/c1-12-21-19-17(9-15(20)10-18(19)23(24)25)22(12)11-14-7-4-6-13-5-2-3-8-16(13)14/h2-10H,11H2,1H3. The summed E-state index contributed by atoms with van der Waals surface area (Å²) in [6, 6.07) is 17.8. The van der Waals surface area contributed by atoms with Crippen LogP contribution < -0.4 is 0 Å². The van der Waals surface area contributed by atoms with E-state index in [1.165, 1.54) is 16.8 Å². The van der Waals surface area contributed by atoms with Crippen LogP contribution in [0.1, 0.15) is 11.4 Å². The zero-order valence-corrected chi connectivity index (χ0v) is 15.0. The van der Waals surface area contributed by atoms with Gasteiger partial charge in [-0.25, -0.2) is 4.98 Å². The minimum atomic E-state index is -0.387. The van der Waals surface area contributed by atoms with Crippen molar-refractivity contribution in [3.63, 3.8) is 0 Å². The summed E-state index contributed by atoms with van der Waals surface area (Å²) in [6.45, 7) is 2.49. The molecular weight excluding hydrogens is 382 g/mol. The van der Waals surface area contributed by atoms with Crippen LogP contribution in [0.3, 0.4) is 0 Å². The quantitative estimate of drug-likeness (QED) is 0.353. The molecule has 0 saturated heterocycles. The molecule has 0 aliphatic carbocycles. The molecule has 0 radical (unpaired) electrons. The largest absolute Gasteiger partial charge is 0.323 e. The first-order chi connectivity index (χ1) is 12.0. The Balaban J connectivity index is 1.92. The van der Waals surface area contributed by atoms with Gasteiger partial charge in [0.05, 0.1) is 10.4 Å². The minimum Gasteiger partial charge on any atom is -0.323 e. The second-order valence-corrected chi connectivity index (χ2v) is 6.85. The highest BCUT2D eigenvalue weighted by Gasteiger charge is 2.20. The number of halogens is 1. The fourth-order valence-electron chi connectivity index (χ4n) is 3.23. The Morgan fingerprint density at radius 2 is 1.92 bits per heavy atom. The Bertz CT molecular complexity index is 1130. The summed E-state index contributed by atoms with van der Waals surface area (Å²) in [4.78, 5) is 15.4. The predicted octanol–water partition coefficient (Wildman–Crippen LogP) is 5.22. The SMILES string of the molecule is Cc1nc2c([N+](=O)[O-])cc(Br)cc2n1Cc1cccc2ccccc12. The van der Waals surface area contributed by atoms with Gasteiger partial charge in [0.1, 0.15) is 5.82 Å². The van der Waals surface area contributed by atoms with E-state index in [0.717, 1.165) is 16.9 Å². The summed E-state index contributed by atoms with van der Waals surface area (Å²) in [5.74, 6) is 0.754. The predicted molar refractivity (Wildman–Crippen MR) is 102 cm³/mol. The maximum absolute atomic E-state index is 11.4. The molecule has 1 aromatic heterocycles. The molecule has 5 nitrogen and oxygen atoms in total. The lowest BCUT2D eigenvalue weighted by Gasteiger charge is -2.10. The number of nitro benzene ring substituents is 1. The number of nitro groups is 1. The van der Waals surface area contributed by atoms with Crippen molar-refractivity contribution in [3.8, 4) is 0 Å². The molecule has 0 fully saturated rings. The maximum Gasteiger partial charge on any atom is 0.298 e. The van der Waals surface area contributed by atoms with Crippen molar-refractivity contribution in [1.82, 2.24) is 9.55 Å². The number of fused-ring (bicyclic) bond motifs is 2. The Kier molecular flexibility index (Phi) is 3.77. The van der Waals surface area contributed by atoms with Crippen molar-refractivity contribution in [2.24, 2.45) is 0 Å². The number of aromatic nitrogens is 2. The number of aryl methyl sites for hydroxylation is 1. The minimum absolute atomic E-state index is 0.0177. The van der Waals surface area contributed by atoms with E-state index in [0.29, 0.717) is 16.5 Å². The average molecular weight is 396 g/mol. The molecular formula is C19H14BrN3O2. The van der Waals surface area contributed by atoms with Crippen LogP contribution in [0.2, 0.25) is 0 Å². The highest BCUT2D eigenvalue weighted by molar-refractivity contribution is 9.10. The molecule has 1 heterocycles. The number of non-ortho nitro benzene ring substituents is 1. The van der Waals surface area contributed by atoms with Crippen molar-refractivity contribution in [1.29, 1.82) is 0 Å². The topological polar surface area (TPSA) is 61.0 Å². The normalized spacial score (nSPS) is 11.3. The number of nitrogens with zero attached hydrogens (tertiary/aromatic N) is 3. The zero-order chi connectivity index (χ0) is 17.6. The molecule has 0 bridgehead atoms. The van der Waals surface area contributed by atoms with Gasteiger partial charge in [-0.05, 0) is 29.3 Å². The Morgan fingerprint density at radius 3 is 2.72 bits per heavy atom. The molecule has 0 aliphatic heterocycles. The maximum atomic E-state index is 11.4. The van der Waals surface area contributed by atoms with Gasteiger partial charge in [-0.1, -0.05) is 58.4 Å². The summed E-state index contributed by atoms with van der Waals surface area (Å²) >= 11 is 3.37. The lowest BCUT2D eigenvalue weighted by molar-refractivity contribution is -0.383. The number of hydrogen-bond donors (Lipinski definition) is 0. The van der Waals surface area contributed by atoms with Crippen molar-refractivity contribution < 1.29 is 4.92 Å². The first-order valence-electron chi connectivity index (χ1n) is 7.82. The molecule has 124 valence electrons. The van der Waals surface area contributed by atoms with Gasteiger partial charge in [-0.3, -0.25) is 10.1 Å². The van der Waals surface area contributed by atoms with E-state index >= 15 is 0 Å². The number of rotatable bonds is 3. The van der Waals surface area contributed by atoms with Crippen molar-refractivity contribution in [3.05, 3.63) is 80.6 Å². The van der Waals surface area contributed by atoms with Crippen molar-refractivity contribution in [2.75, 3.05) is 0 Å². The van der Waals surface area contributed by atoms with Gasteiger partial charge >= 0.3 is 0 Å². The monoisotopic (exact) mass is 395 g/mol. The van der Waals surface area contributed by atoms with E-state index in [9.17, 15) is 10.1 Å². The van der Waals surface area contributed by atoms with Gasteiger partial charge < -0.3 is 4.57 Å². The van der Waals surface area contributed by atoms with Crippen LogP contribution in [-0.4, -0.2) is 14.5 Å². The molecule has 6 heteroatoms. The highest BCUT2D eigenvalue weighted by Crippen LogP contribution is 2.31. The lowest BCUT2D eigenvalue weighted by Crippen LogP contribution is -2.02. The van der Waals surface area contributed by atoms with Crippen LogP contribution in [0.15, 0.2) is 59.1 Å². The van der Waals surface area contributed by atoms with Gasteiger partial charge in [0.25, 0.3) is 5.69 Å². The van der Waals surface area contributed by atoms with Crippen LogP contribution in [-0.2, 0) is 6.54 Å². The molecule has 0 saturated carbocycles. The molecule has 4 rings (SSSR count). The Hall–Kier alpha value is -2.73. The molecule has 25 heavy (non-hydrogen) atoms. The second-order valence-electron chi connectivity index (χ2n) is 5.93. The zero-order valence-electron chi connectivity index (χ0n) is 13.4. The van der Waals surface area contributed by atoms with Crippen LogP contribution >= 0.6 is 15.9 Å². The summed E-state index contributed by atoms with van der Waals surface area (Å²) in [5, 5.41) is 13.7. The van der Waals surface area contributed by atoms with Gasteiger partial charge in [0.2, 0.25) is 0 Å². The van der Waals surface area contributed by atoms with Crippen LogP contribution in [0.5, 0.6) is 0 Å². The Morgan fingerprint density at radius 1 is 1.16 bits per heavy atom. The van der Waals surface area contributed by atoms with Gasteiger partial charge in [-0.15, -0.1) is 0 Å². The summed E-state index contributed by atoms with van der Waals surface area (Å²) < 4.78 is 2.69. The van der Waals surface area contributed by atoms with Gasteiger partial charge in [-0.2, -0.15) is 0 Å². The van der Waals surface area contributed by atoms with Crippen LogP contribution in [0, 0.1) is 17.0 Å². The highest BCUT2D eigenvalue weighted by atomic mass is 79.9. The van der Waals surface area contributed by atoms with Crippen molar-refractivity contribution >= 4 is 43.4 Å². The van der Waals surface area contributed by atoms with E-state index in [-0.39, 0.29) is 10.6 Å². The first-order valence-corrected chi connectivity index (χ1v) is 8.61. The second kappa shape index (κ2) is 5.97. The molecule has 4 aromatic rings. The third-order valence-electron chi connectivity index (χ3n) is 4.39. The van der Waals surface area contributed by atoms with E-state index < -0.39 is 0 Å². The average Bonchev–Trinajstić information content (AvgIpc) is 2.90. The van der Waals surface area contributed by atoms with E-state index in [2.05, 4.69) is 45.2 Å². The first kappa shape index (κ1) is 15.8. The van der Waals surface area contributed by atoms with Crippen LogP contribution in [0.4, 0.5) is 5.69 Å². The van der Waals surface area contributed by atoms with Gasteiger partial charge in [0, 0.05) is 17.1 Å². The molecule has 0 spiro atoms. The van der Waals surface area contributed by atoms with E-state index in [1.807, 2.05) is 35.8 Å². The molecule has 0 amide bonds. The van der Waals surface area contributed by atoms with E-state index in [4.69, 9.17) is 0 Å². The van der Waals surface area contributed by atoms with Gasteiger partial charge in [0.15, 0.2) is 5.52 Å². The summed E-state index contributed by atoms with van der Waals surface area (Å²) in [5.41, 5.74) is 2.35. The Labute approximate surface area is 152 Å². The van der Waals surface area contributed by atoms with E-state index in [1.54, 1.807) is 0 Å². The molecule has 0 atom stereocenters. The smallest absolute Gasteiger partial charge is 0.298 e. The number of benzene rings is 3. The summed E-state index contributed by atoms with van der Waals surface area (Å²) in [7, 11) is 0. The lowest BCUT2D eigenvalue weighted by atomic mass is 10.0. The number of hydrogen-bond acceptors (Lipinski definition) is 3. The fraction of sp³-hybridized carbons (Fsp3) is 0.105. The molecule has 0 aliphatic rings. The fourth-order valence-corrected chi connectivity index (χ4v) is 3.66.